The number of hydrogen-bond donors (Lipinski definition) is 2. The van der Waals surface area contributed by atoms with Crippen LogP contribution in [0.1, 0.15) is 57.6 Å². The maximum Gasteiger partial charge on any atom is 0.329 e. The SMILES string of the molecule is CCCN1c2cc(OC)c(/C=C3/NC(=O)N(CC(=O)Nc4ccc(Cl)cc4)C3=O)cc2C(C)CC1(C)C. The topological polar surface area (TPSA) is 91.0 Å². The first kappa shape index (κ1) is 26.5. The Bertz CT molecular complexity index is 1260. The van der Waals surface area contributed by atoms with Crippen LogP contribution in [0.2, 0.25) is 5.02 Å². The number of methoxy groups -OCH3 is 1. The number of nitrogens with zero attached hydrogens (tertiary/aromatic N) is 2. The largest absolute Gasteiger partial charge is 0.496 e. The molecule has 2 aliphatic rings. The first-order valence-electron chi connectivity index (χ1n) is 12.4. The van der Waals surface area contributed by atoms with Gasteiger partial charge in [0.25, 0.3) is 5.91 Å². The highest BCUT2D eigenvalue weighted by Crippen LogP contribution is 2.46. The number of amides is 4. The van der Waals surface area contributed by atoms with Gasteiger partial charge in [0.2, 0.25) is 5.91 Å². The van der Waals surface area contributed by atoms with E-state index < -0.39 is 24.4 Å². The molecule has 0 bridgehead atoms. The smallest absolute Gasteiger partial charge is 0.329 e. The van der Waals surface area contributed by atoms with Gasteiger partial charge in [-0.15, -0.1) is 0 Å². The van der Waals surface area contributed by atoms with Crippen molar-refractivity contribution in [2.24, 2.45) is 0 Å². The van der Waals surface area contributed by atoms with Gasteiger partial charge in [0.05, 0.1) is 7.11 Å². The lowest BCUT2D eigenvalue weighted by Crippen LogP contribution is -2.48. The molecule has 2 N–H and O–H groups in total. The first-order chi connectivity index (χ1) is 17.5. The second kappa shape index (κ2) is 10.5. The zero-order valence-electron chi connectivity index (χ0n) is 21.9. The Kier molecular flexibility index (Phi) is 7.50. The molecule has 37 heavy (non-hydrogen) atoms. The molecule has 0 saturated carbocycles. The highest BCUT2D eigenvalue weighted by molar-refractivity contribution is 6.30. The van der Waals surface area contributed by atoms with Crippen LogP contribution in [-0.4, -0.2) is 48.5 Å². The van der Waals surface area contributed by atoms with Gasteiger partial charge in [-0.2, -0.15) is 0 Å². The van der Waals surface area contributed by atoms with Gasteiger partial charge in [-0.25, -0.2) is 9.69 Å². The second-order valence-corrected chi connectivity index (χ2v) is 10.6. The number of ether oxygens (including phenoxy) is 1. The van der Waals surface area contributed by atoms with E-state index in [0.717, 1.165) is 30.0 Å². The van der Waals surface area contributed by atoms with Crippen LogP contribution in [0, 0.1) is 0 Å². The van der Waals surface area contributed by atoms with Crippen molar-refractivity contribution in [3.8, 4) is 5.75 Å². The van der Waals surface area contributed by atoms with Crippen molar-refractivity contribution in [2.45, 2.75) is 52.0 Å². The number of fused-ring (bicyclic) bond motifs is 1. The molecule has 4 amide bonds. The van der Waals surface area contributed by atoms with E-state index >= 15 is 0 Å². The molecule has 0 aliphatic carbocycles. The number of carbonyl (C=O) groups is 3. The van der Waals surface area contributed by atoms with E-state index in [9.17, 15) is 14.4 Å². The summed E-state index contributed by atoms with van der Waals surface area (Å²) < 4.78 is 5.70. The fourth-order valence-electron chi connectivity index (χ4n) is 5.21. The number of urea groups is 1. The van der Waals surface area contributed by atoms with Crippen molar-refractivity contribution in [1.82, 2.24) is 10.2 Å². The van der Waals surface area contributed by atoms with Gasteiger partial charge in [0.1, 0.15) is 18.0 Å². The molecular formula is C28H33ClN4O4. The average molecular weight is 525 g/mol. The summed E-state index contributed by atoms with van der Waals surface area (Å²) in [6, 6.07) is 9.98. The van der Waals surface area contributed by atoms with Crippen LogP contribution in [0.3, 0.4) is 0 Å². The van der Waals surface area contributed by atoms with E-state index in [1.165, 1.54) is 5.56 Å². The Morgan fingerprint density at radius 3 is 2.59 bits per heavy atom. The summed E-state index contributed by atoms with van der Waals surface area (Å²) in [5, 5.41) is 5.80. The number of carbonyl (C=O) groups excluding carboxylic acids is 3. The molecule has 1 saturated heterocycles. The van der Waals surface area contributed by atoms with Gasteiger partial charge < -0.3 is 20.3 Å². The fraction of sp³-hybridized carbons (Fsp3) is 0.393. The predicted octanol–water partition coefficient (Wildman–Crippen LogP) is 5.38. The minimum absolute atomic E-state index is 0.00982. The minimum Gasteiger partial charge on any atom is -0.496 e. The monoisotopic (exact) mass is 524 g/mol. The third-order valence-electron chi connectivity index (χ3n) is 6.88. The van der Waals surface area contributed by atoms with Crippen molar-refractivity contribution in [1.29, 1.82) is 0 Å². The molecule has 1 atom stereocenters. The molecular weight excluding hydrogens is 492 g/mol. The molecule has 196 valence electrons. The molecule has 2 aromatic rings. The van der Waals surface area contributed by atoms with E-state index in [4.69, 9.17) is 16.3 Å². The standard InChI is InChI=1S/C28H33ClN4O4/c1-6-11-33-23-14-24(37-5)18(12-21(23)17(2)15-28(33,3)4)13-22-26(35)32(27(36)31-22)16-25(34)30-20-9-7-19(29)8-10-20/h7-10,12-14,17H,6,11,15-16H2,1-5H3,(H,30,34)(H,31,36)/b22-13+. The average Bonchev–Trinajstić information content (AvgIpc) is 3.10. The molecule has 4 rings (SSSR count). The molecule has 8 nitrogen and oxygen atoms in total. The lowest BCUT2D eigenvalue weighted by atomic mass is 9.79. The highest BCUT2D eigenvalue weighted by atomic mass is 35.5. The van der Waals surface area contributed by atoms with E-state index in [-0.39, 0.29) is 11.2 Å². The summed E-state index contributed by atoms with van der Waals surface area (Å²) in [7, 11) is 1.59. The molecule has 2 aliphatic heterocycles. The van der Waals surface area contributed by atoms with Crippen molar-refractivity contribution in [3.05, 3.63) is 58.2 Å². The first-order valence-corrected chi connectivity index (χ1v) is 12.8. The quantitative estimate of drug-likeness (QED) is 0.375. The number of halogens is 1. The van der Waals surface area contributed by atoms with Crippen LogP contribution in [-0.2, 0) is 9.59 Å². The van der Waals surface area contributed by atoms with Crippen molar-refractivity contribution < 1.29 is 19.1 Å². The maximum atomic E-state index is 13.1. The van der Waals surface area contributed by atoms with Crippen LogP contribution >= 0.6 is 11.6 Å². The van der Waals surface area contributed by atoms with Crippen LogP contribution in [0.4, 0.5) is 16.2 Å². The highest BCUT2D eigenvalue weighted by Gasteiger charge is 2.38. The van der Waals surface area contributed by atoms with Crippen LogP contribution in [0.15, 0.2) is 42.1 Å². The third kappa shape index (κ3) is 5.44. The number of anilines is 2. The Morgan fingerprint density at radius 1 is 1.24 bits per heavy atom. The van der Waals surface area contributed by atoms with Crippen LogP contribution in [0.25, 0.3) is 6.08 Å². The molecule has 1 unspecified atom stereocenters. The summed E-state index contributed by atoms with van der Waals surface area (Å²) in [4.78, 5) is 41.4. The number of hydrogen-bond acceptors (Lipinski definition) is 5. The van der Waals surface area contributed by atoms with Gasteiger partial charge in [-0.3, -0.25) is 9.59 Å². The Labute approximate surface area is 222 Å². The summed E-state index contributed by atoms with van der Waals surface area (Å²) in [6.45, 7) is 9.40. The summed E-state index contributed by atoms with van der Waals surface area (Å²) >= 11 is 5.87. The summed E-state index contributed by atoms with van der Waals surface area (Å²) in [6.07, 6.45) is 3.63. The summed E-state index contributed by atoms with van der Waals surface area (Å²) in [5.74, 6) is -0.148. The van der Waals surface area contributed by atoms with Crippen molar-refractivity contribution in [2.75, 3.05) is 30.4 Å². The fourth-order valence-corrected chi connectivity index (χ4v) is 5.34. The predicted molar refractivity (Wildman–Crippen MR) is 146 cm³/mol. The third-order valence-corrected chi connectivity index (χ3v) is 7.13. The summed E-state index contributed by atoms with van der Waals surface area (Å²) in [5.41, 5.74) is 3.63. The van der Waals surface area contributed by atoms with Gasteiger partial charge in [-0.1, -0.05) is 25.4 Å². The zero-order valence-corrected chi connectivity index (χ0v) is 22.6. The molecule has 0 radical (unpaired) electrons. The van der Waals surface area contributed by atoms with Crippen molar-refractivity contribution in [3.63, 3.8) is 0 Å². The molecule has 0 aromatic heterocycles. The lowest BCUT2D eigenvalue weighted by molar-refractivity contribution is -0.127. The molecule has 9 heteroatoms. The van der Waals surface area contributed by atoms with Crippen LogP contribution in [0.5, 0.6) is 5.75 Å². The lowest BCUT2D eigenvalue weighted by Gasteiger charge is -2.47. The number of benzene rings is 2. The normalized spacial score (nSPS) is 19.6. The number of nitrogens with one attached hydrogen (secondary N) is 2. The van der Waals surface area contributed by atoms with E-state index in [0.29, 0.717) is 27.9 Å². The zero-order chi connectivity index (χ0) is 26.9. The van der Waals surface area contributed by atoms with E-state index in [2.05, 4.69) is 43.2 Å². The van der Waals surface area contributed by atoms with Gasteiger partial charge in [-0.05, 0) is 74.6 Å². The number of rotatable bonds is 7. The van der Waals surface area contributed by atoms with E-state index in [1.807, 2.05) is 12.1 Å². The molecule has 2 aromatic carbocycles. The Hall–Kier alpha value is -3.52. The molecule has 0 spiro atoms. The van der Waals surface area contributed by atoms with Gasteiger partial charge >= 0.3 is 6.03 Å². The number of imide groups is 1. The minimum atomic E-state index is -0.649. The maximum absolute atomic E-state index is 13.1. The van der Waals surface area contributed by atoms with Gasteiger partial charge in [0.15, 0.2) is 0 Å². The Balaban J connectivity index is 1.59. The van der Waals surface area contributed by atoms with E-state index in [1.54, 1.807) is 37.5 Å². The van der Waals surface area contributed by atoms with Gasteiger partial charge in [0, 0.05) is 40.1 Å². The molecule has 2 heterocycles. The second-order valence-electron chi connectivity index (χ2n) is 10.2. The van der Waals surface area contributed by atoms with Crippen LogP contribution < -0.4 is 20.3 Å². The van der Waals surface area contributed by atoms with Crippen molar-refractivity contribution >= 4 is 46.9 Å². The Morgan fingerprint density at radius 2 is 1.95 bits per heavy atom. The molecule has 1 fully saturated rings.